The van der Waals surface area contributed by atoms with Gasteiger partial charge in [0.15, 0.2) is 5.78 Å². The van der Waals surface area contributed by atoms with Gasteiger partial charge in [-0.3, -0.25) is 9.46 Å². The van der Waals surface area contributed by atoms with Crippen molar-refractivity contribution in [2.24, 2.45) is 5.92 Å². The van der Waals surface area contributed by atoms with Crippen LogP contribution in [-0.2, 0) is 13.6 Å². The second-order valence-electron chi connectivity index (χ2n) is 7.31. The van der Waals surface area contributed by atoms with Crippen LogP contribution < -0.4 is 5.32 Å². The van der Waals surface area contributed by atoms with Gasteiger partial charge in [0.25, 0.3) is 0 Å². The number of benzene rings is 1. The van der Waals surface area contributed by atoms with E-state index in [9.17, 15) is 9.36 Å². The summed E-state index contributed by atoms with van der Waals surface area (Å²) in [4.78, 5) is 14.9. The number of carbonyl (C=O) groups is 1. The van der Waals surface area contributed by atoms with Crippen LogP contribution in [0.3, 0.4) is 0 Å². The largest absolute Gasteiger partial charge is 0.354 e. The van der Waals surface area contributed by atoms with E-state index in [0.29, 0.717) is 5.69 Å². The number of urea groups is 1. The van der Waals surface area contributed by atoms with E-state index >= 15 is 0 Å². The lowest BCUT2D eigenvalue weighted by molar-refractivity contribution is 0.153. The zero-order valence-corrected chi connectivity index (χ0v) is 18.7. The first-order valence-electron chi connectivity index (χ1n) is 9.37. The summed E-state index contributed by atoms with van der Waals surface area (Å²) < 4.78 is 24.5. The normalized spacial score (nSPS) is 22.3. The molecule has 27 heavy (non-hydrogen) atoms. The predicted octanol–water partition coefficient (Wildman–Crippen LogP) is 5.62. The van der Waals surface area contributed by atoms with Crippen LogP contribution >= 0.6 is 19.4 Å². The fourth-order valence-electron chi connectivity index (χ4n) is 3.37. The fraction of sp³-hybridized carbons (Fsp3) is 0.632. The summed E-state index contributed by atoms with van der Waals surface area (Å²) in [5, 5.41) is 2.80. The van der Waals surface area contributed by atoms with E-state index in [1.54, 1.807) is 30.5 Å². The monoisotopic (exact) mass is 414 g/mol. The molecule has 2 atom stereocenters. The standard InChI is InChI=1S/C19H31N2O4PS/c1-7-24-26(23,25-8-2)17-19(5,6)27-16(14(3)4)21(17)18(22)20-15-12-10-9-11-13-15/h9-14,16-17H,7-8H2,1-6H3,(H,20,22). The Labute approximate surface area is 166 Å². The maximum absolute atomic E-state index is 13.7. The molecule has 1 heterocycles. The molecule has 1 saturated heterocycles. The second-order valence-corrected chi connectivity index (χ2v) is 11.2. The molecule has 2 rings (SSSR count). The highest BCUT2D eigenvalue weighted by atomic mass is 32.2. The number of amides is 2. The lowest BCUT2D eigenvalue weighted by atomic mass is 10.1. The third kappa shape index (κ3) is 4.89. The SMILES string of the molecule is CCOP(=O)(OCC)C1N(C(=O)Nc2ccccc2)C(C(C)C)SC1(C)C. The van der Waals surface area contributed by atoms with Gasteiger partial charge >= 0.3 is 13.6 Å². The summed E-state index contributed by atoms with van der Waals surface area (Å²) in [7, 11) is -3.54. The minimum absolute atomic E-state index is 0.136. The van der Waals surface area contributed by atoms with Crippen molar-refractivity contribution < 1.29 is 18.4 Å². The average Bonchev–Trinajstić information content (AvgIpc) is 2.88. The highest BCUT2D eigenvalue weighted by molar-refractivity contribution is 8.01. The van der Waals surface area contributed by atoms with Crippen molar-refractivity contribution in [1.29, 1.82) is 0 Å². The van der Waals surface area contributed by atoms with Crippen molar-refractivity contribution >= 4 is 31.1 Å². The smallest absolute Gasteiger partial charge is 0.308 e. The van der Waals surface area contributed by atoms with Crippen LogP contribution in [0.2, 0.25) is 0 Å². The molecule has 1 aromatic carbocycles. The zero-order valence-electron chi connectivity index (χ0n) is 17.0. The molecule has 0 aromatic heterocycles. The number of nitrogens with one attached hydrogen (secondary N) is 1. The van der Waals surface area contributed by atoms with Crippen LogP contribution in [0.5, 0.6) is 0 Å². The number of thioether (sulfide) groups is 1. The van der Waals surface area contributed by atoms with Gasteiger partial charge in [-0.1, -0.05) is 32.0 Å². The molecule has 0 radical (unpaired) electrons. The van der Waals surface area contributed by atoms with Crippen LogP contribution in [0.4, 0.5) is 10.5 Å². The van der Waals surface area contributed by atoms with Crippen molar-refractivity contribution in [3.05, 3.63) is 30.3 Å². The highest BCUT2D eigenvalue weighted by Gasteiger charge is 2.59. The van der Waals surface area contributed by atoms with E-state index in [1.807, 2.05) is 44.2 Å². The molecule has 1 fully saturated rings. The Morgan fingerprint density at radius 2 is 1.78 bits per heavy atom. The van der Waals surface area contributed by atoms with Gasteiger partial charge in [-0.25, -0.2) is 4.79 Å². The Balaban J connectivity index is 2.45. The predicted molar refractivity (Wildman–Crippen MR) is 112 cm³/mol. The lowest BCUT2D eigenvalue weighted by Gasteiger charge is -2.37. The molecule has 6 nitrogen and oxygen atoms in total. The van der Waals surface area contributed by atoms with E-state index in [0.717, 1.165) is 0 Å². The van der Waals surface area contributed by atoms with E-state index in [-0.39, 0.29) is 30.5 Å². The molecular formula is C19H31N2O4PS. The number of para-hydroxylation sites is 1. The van der Waals surface area contributed by atoms with E-state index in [4.69, 9.17) is 9.05 Å². The molecule has 8 heteroatoms. The molecule has 1 aliphatic heterocycles. The summed E-state index contributed by atoms with van der Waals surface area (Å²) in [5.74, 6) is -0.497. The molecule has 152 valence electrons. The number of rotatable bonds is 7. The molecule has 0 saturated carbocycles. The minimum Gasteiger partial charge on any atom is -0.308 e. The van der Waals surface area contributed by atoms with E-state index in [2.05, 4.69) is 19.2 Å². The van der Waals surface area contributed by atoms with E-state index in [1.165, 1.54) is 0 Å². The summed E-state index contributed by atoms with van der Waals surface area (Å²) >= 11 is 1.64. The Bertz CT molecular complexity index is 674. The van der Waals surface area contributed by atoms with Crippen molar-refractivity contribution in [3.63, 3.8) is 0 Å². The van der Waals surface area contributed by atoms with Gasteiger partial charge in [0, 0.05) is 10.4 Å². The van der Waals surface area contributed by atoms with Crippen molar-refractivity contribution in [1.82, 2.24) is 4.90 Å². The molecular weight excluding hydrogens is 383 g/mol. The molecule has 1 aliphatic rings. The van der Waals surface area contributed by atoms with Gasteiger partial charge in [0.05, 0.1) is 18.6 Å². The lowest BCUT2D eigenvalue weighted by Crippen LogP contribution is -2.49. The van der Waals surface area contributed by atoms with Gasteiger partial charge < -0.3 is 14.4 Å². The quantitative estimate of drug-likeness (QED) is 0.587. The Kier molecular flexibility index (Phi) is 7.42. The van der Waals surface area contributed by atoms with Crippen LogP contribution in [0.15, 0.2) is 30.3 Å². The summed E-state index contributed by atoms with van der Waals surface area (Å²) in [5.41, 5.74) is 0.695. The van der Waals surface area contributed by atoms with Crippen LogP contribution in [-0.4, -0.2) is 40.0 Å². The maximum Gasteiger partial charge on any atom is 0.354 e. The number of hydrogen-bond donors (Lipinski definition) is 1. The summed E-state index contributed by atoms with van der Waals surface area (Å²) in [6.07, 6.45) is 0. The topological polar surface area (TPSA) is 67.9 Å². The van der Waals surface area contributed by atoms with Crippen LogP contribution in [0, 0.1) is 5.92 Å². The first kappa shape index (κ1) is 22.3. The molecule has 2 unspecified atom stereocenters. The summed E-state index contributed by atoms with van der Waals surface area (Å²) in [6.45, 7) is 12.2. The summed E-state index contributed by atoms with van der Waals surface area (Å²) in [6, 6.07) is 8.99. The van der Waals surface area contributed by atoms with Gasteiger partial charge in [0.1, 0.15) is 0 Å². The second kappa shape index (κ2) is 8.99. The number of carbonyl (C=O) groups excluding carboxylic acids is 1. The first-order chi connectivity index (χ1) is 12.7. The molecule has 0 spiro atoms. The van der Waals surface area contributed by atoms with Crippen molar-refractivity contribution in [3.8, 4) is 0 Å². The molecule has 1 aromatic rings. The van der Waals surface area contributed by atoms with E-state index < -0.39 is 18.1 Å². The number of hydrogen-bond acceptors (Lipinski definition) is 5. The average molecular weight is 415 g/mol. The van der Waals surface area contributed by atoms with Crippen LogP contribution in [0.25, 0.3) is 0 Å². The maximum atomic E-state index is 13.7. The number of anilines is 1. The number of nitrogens with zero attached hydrogens (tertiary/aromatic N) is 1. The third-order valence-electron chi connectivity index (χ3n) is 4.33. The van der Waals surface area contributed by atoms with Crippen molar-refractivity contribution in [2.75, 3.05) is 18.5 Å². The molecule has 2 amide bonds. The molecule has 0 aliphatic carbocycles. The van der Waals surface area contributed by atoms with Crippen LogP contribution in [0.1, 0.15) is 41.5 Å². The molecule has 1 N–H and O–H groups in total. The van der Waals surface area contributed by atoms with Gasteiger partial charge in [-0.15, -0.1) is 11.8 Å². The van der Waals surface area contributed by atoms with Crippen molar-refractivity contribution in [2.45, 2.75) is 57.4 Å². The molecule has 0 bridgehead atoms. The zero-order chi connectivity index (χ0) is 20.2. The van der Waals surface area contributed by atoms with Gasteiger partial charge in [-0.05, 0) is 45.7 Å². The Hall–Kier alpha value is -1.01. The minimum atomic E-state index is -3.54. The highest BCUT2D eigenvalue weighted by Crippen LogP contribution is 2.65. The Morgan fingerprint density at radius 1 is 1.22 bits per heavy atom. The third-order valence-corrected chi connectivity index (χ3v) is 9.08. The van der Waals surface area contributed by atoms with Gasteiger partial charge in [0.2, 0.25) is 0 Å². The van der Waals surface area contributed by atoms with Gasteiger partial charge in [-0.2, -0.15) is 0 Å². The Morgan fingerprint density at radius 3 is 2.26 bits per heavy atom. The first-order valence-corrected chi connectivity index (χ1v) is 11.9. The fourth-order valence-corrected chi connectivity index (χ4v) is 7.88.